The Hall–Kier alpha value is -1.16. The standard InChI is InChI=1S/C14H20N2OS/c17-14(15-11-5-3-1-2-4-6-11)16-12-7-9-13(18)10-8-12/h7-11,18H,1-6H2,(H2,15,16,17). The summed E-state index contributed by atoms with van der Waals surface area (Å²) in [6, 6.07) is 7.67. The molecule has 1 fully saturated rings. The van der Waals surface area contributed by atoms with E-state index in [1.165, 1.54) is 25.7 Å². The second-order valence-corrected chi connectivity index (χ2v) is 5.35. The van der Waals surface area contributed by atoms with Crippen LogP contribution in [0.15, 0.2) is 29.2 Å². The zero-order valence-electron chi connectivity index (χ0n) is 10.5. The molecule has 1 aliphatic carbocycles. The Labute approximate surface area is 114 Å². The third kappa shape index (κ3) is 4.26. The van der Waals surface area contributed by atoms with Crippen molar-refractivity contribution in [2.75, 3.05) is 5.32 Å². The molecule has 0 heterocycles. The van der Waals surface area contributed by atoms with Gasteiger partial charge in [0.05, 0.1) is 0 Å². The number of thiol groups is 1. The van der Waals surface area contributed by atoms with Gasteiger partial charge in [0, 0.05) is 16.6 Å². The summed E-state index contributed by atoms with van der Waals surface area (Å²) in [6.45, 7) is 0. The predicted octanol–water partition coefficient (Wildman–Crippen LogP) is 3.82. The van der Waals surface area contributed by atoms with E-state index in [4.69, 9.17) is 0 Å². The monoisotopic (exact) mass is 264 g/mol. The third-order valence-corrected chi connectivity index (χ3v) is 3.61. The number of anilines is 1. The molecule has 1 saturated carbocycles. The Bertz CT molecular complexity index is 383. The van der Waals surface area contributed by atoms with Crippen molar-refractivity contribution < 1.29 is 4.79 Å². The summed E-state index contributed by atoms with van der Waals surface area (Å²) in [7, 11) is 0. The van der Waals surface area contributed by atoms with Gasteiger partial charge in [-0.25, -0.2) is 4.79 Å². The van der Waals surface area contributed by atoms with Crippen LogP contribution in [0.1, 0.15) is 38.5 Å². The lowest BCUT2D eigenvalue weighted by Gasteiger charge is -2.16. The van der Waals surface area contributed by atoms with Gasteiger partial charge in [-0.3, -0.25) is 0 Å². The van der Waals surface area contributed by atoms with Crippen LogP contribution in [0.25, 0.3) is 0 Å². The lowest BCUT2D eigenvalue weighted by molar-refractivity contribution is 0.247. The van der Waals surface area contributed by atoms with Gasteiger partial charge in [0.1, 0.15) is 0 Å². The van der Waals surface area contributed by atoms with Gasteiger partial charge in [-0.2, -0.15) is 0 Å². The van der Waals surface area contributed by atoms with E-state index in [-0.39, 0.29) is 6.03 Å². The van der Waals surface area contributed by atoms with Gasteiger partial charge in [0.2, 0.25) is 0 Å². The SMILES string of the molecule is O=C(Nc1ccc(S)cc1)NC1CCCCCC1. The van der Waals surface area contributed by atoms with Gasteiger partial charge < -0.3 is 10.6 Å². The van der Waals surface area contributed by atoms with E-state index in [9.17, 15) is 4.79 Å². The van der Waals surface area contributed by atoms with E-state index in [1.807, 2.05) is 24.3 Å². The number of hydrogen-bond acceptors (Lipinski definition) is 2. The van der Waals surface area contributed by atoms with E-state index < -0.39 is 0 Å². The van der Waals surface area contributed by atoms with Crippen molar-refractivity contribution in [2.24, 2.45) is 0 Å². The minimum Gasteiger partial charge on any atom is -0.335 e. The molecule has 0 radical (unpaired) electrons. The molecule has 2 amide bonds. The molecular weight excluding hydrogens is 244 g/mol. The minimum atomic E-state index is -0.103. The highest BCUT2D eigenvalue weighted by Gasteiger charge is 2.14. The first-order valence-electron chi connectivity index (χ1n) is 6.60. The lowest BCUT2D eigenvalue weighted by atomic mass is 10.1. The molecule has 3 nitrogen and oxygen atoms in total. The summed E-state index contributed by atoms with van der Waals surface area (Å²) in [6.07, 6.45) is 7.23. The smallest absolute Gasteiger partial charge is 0.319 e. The lowest BCUT2D eigenvalue weighted by Crippen LogP contribution is -2.37. The molecule has 98 valence electrons. The first-order chi connectivity index (χ1) is 8.74. The number of hydrogen-bond donors (Lipinski definition) is 3. The van der Waals surface area contributed by atoms with E-state index in [1.54, 1.807) is 0 Å². The highest BCUT2D eigenvalue weighted by atomic mass is 32.1. The van der Waals surface area contributed by atoms with Crippen molar-refractivity contribution >= 4 is 24.3 Å². The van der Waals surface area contributed by atoms with E-state index in [0.717, 1.165) is 23.4 Å². The Kier molecular flexibility index (Phi) is 4.93. The molecular formula is C14H20N2OS. The first-order valence-corrected chi connectivity index (χ1v) is 7.05. The minimum absolute atomic E-state index is 0.103. The molecule has 0 bridgehead atoms. The molecule has 1 aromatic rings. The molecule has 4 heteroatoms. The average Bonchev–Trinajstić information content (AvgIpc) is 2.61. The molecule has 2 N–H and O–H groups in total. The fraction of sp³-hybridized carbons (Fsp3) is 0.500. The fourth-order valence-electron chi connectivity index (χ4n) is 2.32. The maximum Gasteiger partial charge on any atom is 0.319 e. The Balaban J connectivity index is 1.82. The molecule has 0 unspecified atom stereocenters. The van der Waals surface area contributed by atoms with Gasteiger partial charge in [-0.15, -0.1) is 12.6 Å². The highest BCUT2D eigenvalue weighted by Crippen LogP contribution is 2.17. The van der Waals surface area contributed by atoms with E-state index in [2.05, 4.69) is 23.3 Å². The predicted molar refractivity (Wildman–Crippen MR) is 77.3 cm³/mol. The molecule has 1 aliphatic rings. The van der Waals surface area contributed by atoms with Gasteiger partial charge in [-0.1, -0.05) is 25.7 Å². The van der Waals surface area contributed by atoms with Crippen molar-refractivity contribution in [3.63, 3.8) is 0 Å². The Morgan fingerprint density at radius 1 is 1.06 bits per heavy atom. The summed E-state index contributed by atoms with van der Waals surface area (Å²) >= 11 is 4.21. The van der Waals surface area contributed by atoms with Crippen LogP contribution in [0, 0.1) is 0 Å². The van der Waals surface area contributed by atoms with Crippen LogP contribution in [0.2, 0.25) is 0 Å². The summed E-state index contributed by atoms with van der Waals surface area (Å²) in [5.41, 5.74) is 0.805. The maximum atomic E-state index is 11.8. The van der Waals surface area contributed by atoms with Crippen LogP contribution in [0.4, 0.5) is 10.5 Å². The summed E-state index contributed by atoms with van der Waals surface area (Å²) in [5.74, 6) is 0. The van der Waals surface area contributed by atoms with Crippen molar-refractivity contribution in [2.45, 2.75) is 49.5 Å². The van der Waals surface area contributed by atoms with Crippen molar-refractivity contribution in [1.82, 2.24) is 5.32 Å². The molecule has 2 rings (SSSR count). The van der Waals surface area contributed by atoms with E-state index in [0.29, 0.717) is 6.04 Å². The van der Waals surface area contributed by atoms with E-state index >= 15 is 0 Å². The Morgan fingerprint density at radius 3 is 2.28 bits per heavy atom. The summed E-state index contributed by atoms with van der Waals surface area (Å²) in [4.78, 5) is 12.7. The van der Waals surface area contributed by atoms with Gasteiger partial charge >= 0.3 is 6.03 Å². The third-order valence-electron chi connectivity index (χ3n) is 3.32. The number of carbonyl (C=O) groups excluding carboxylic acids is 1. The largest absolute Gasteiger partial charge is 0.335 e. The average molecular weight is 264 g/mol. The normalized spacial score (nSPS) is 16.9. The molecule has 0 spiro atoms. The Morgan fingerprint density at radius 2 is 1.67 bits per heavy atom. The quantitative estimate of drug-likeness (QED) is 0.551. The number of amides is 2. The number of nitrogens with one attached hydrogen (secondary N) is 2. The van der Waals surface area contributed by atoms with Crippen LogP contribution in [-0.2, 0) is 0 Å². The van der Waals surface area contributed by atoms with Crippen LogP contribution >= 0.6 is 12.6 Å². The first kappa shape index (κ1) is 13.3. The van der Waals surface area contributed by atoms with Gasteiger partial charge in [0.25, 0.3) is 0 Å². The molecule has 18 heavy (non-hydrogen) atoms. The number of carbonyl (C=O) groups is 1. The molecule has 0 aliphatic heterocycles. The van der Waals surface area contributed by atoms with Crippen LogP contribution in [-0.4, -0.2) is 12.1 Å². The maximum absolute atomic E-state index is 11.8. The highest BCUT2D eigenvalue weighted by molar-refractivity contribution is 7.80. The second kappa shape index (κ2) is 6.69. The molecule has 0 atom stereocenters. The number of urea groups is 1. The molecule has 0 aromatic heterocycles. The zero-order chi connectivity index (χ0) is 12.8. The van der Waals surface area contributed by atoms with Crippen molar-refractivity contribution in [3.8, 4) is 0 Å². The summed E-state index contributed by atoms with van der Waals surface area (Å²) in [5, 5.41) is 5.91. The van der Waals surface area contributed by atoms with Gasteiger partial charge in [-0.05, 0) is 37.1 Å². The van der Waals surface area contributed by atoms with Crippen LogP contribution < -0.4 is 10.6 Å². The topological polar surface area (TPSA) is 41.1 Å². The second-order valence-electron chi connectivity index (χ2n) is 4.83. The number of rotatable bonds is 2. The molecule has 1 aromatic carbocycles. The van der Waals surface area contributed by atoms with Crippen molar-refractivity contribution in [1.29, 1.82) is 0 Å². The fourth-order valence-corrected chi connectivity index (χ4v) is 2.47. The zero-order valence-corrected chi connectivity index (χ0v) is 11.4. The number of benzene rings is 1. The summed E-state index contributed by atoms with van der Waals surface area (Å²) < 4.78 is 0. The van der Waals surface area contributed by atoms with Gasteiger partial charge in [0.15, 0.2) is 0 Å². The van der Waals surface area contributed by atoms with Crippen LogP contribution in [0.5, 0.6) is 0 Å². The molecule has 0 saturated heterocycles. The van der Waals surface area contributed by atoms with Crippen molar-refractivity contribution in [3.05, 3.63) is 24.3 Å². The van der Waals surface area contributed by atoms with Crippen LogP contribution in [0.3, 0.4) is 0 Å².